The van der Waals surface area contributed by atoms with Crippen molar-refractivity contribution in [1.82, 2.24) is 0 Å². The van der Waals surface area contributed by atoms with Crippen LogP contribution in [-0.2, 0) is 11.7 Å². The first-order valence-electron chi connectivity index (χ1n) is 3.11. The van der Waals surface area contributed by atoms with E-state index in [0.29, 0.717) is 5.56 Å². The maximum Gasteiger partial charge on any atom is 0.184 e. The largest absolute Gasteiger partial charge is 0.392 e. The Bertz CT molecular complexity index is 231. The van der Waals surface area contributed by atoms with Gasteiger partial charge in [0, 0.05) is 5.56 Å². The number of aliphatic hydroxyl groups excluding tert-OH is 1. The number of hydrogen-bond donors (Lipinski definition) is 1. The van der Waals surface area contributed by atoms with E-state index in [-0.39, 0.29) is 12.4 Å². The van der Waals surface area contributed by atoms with Gasteiger partial charge in [-0.3, -0.25) is 5.11 Å². The number of aryl methyl sites for hydroxylation is 1. The predicted octanol–water partition coefficient (Wildman–Crippen LogP) is 1.63. The first kappa shape index (κ1) is 7.09. The van der Waals surface area contributed by atoms with Gasteiger partial charge in [-0.15, -0.1) is 0 Å². The molecule has 0 spiro atoms. The van der Waals surface area contributed by atoms with E-state index in [1.807, 2.05) is 6.92 Å². The molecule has 0 saturated carbocycles. The van der Waals surface area contributed by atoms with Crippen LogP contribution in [0.4, 0.5) is 0 Å². The Hall–Kier alpha value is -1.02. The van der Waals surface area contributed by atoms with Gasteiger partial charge in [0.2, 0.25) is 0 Å². The molecule has 1 aromatic rings. The van der Waals surface area contributed by atoms with E-state index < -0.39 is 0 Å². The first-order chi connectivity index (χ1) is 4.74. The molecule has 0 aliphatic heterocycles. The molecule has 0 bridgehead atoms. The lowest BCUT2D eigenvalue weighted by atomic mass is 10.1. The molecule has 53 valence electrons. The van der Waals surface area contributed by atoms with E-state index in [2.05, 4.69) is 0 Å². The molecule has 0 atom stereocenters. The lowest BCUT2D eigenvalue weighted by Gasteiger charge is -1.97. The lowest BCUT2D eigenvalue weighted by molar-refractivity contribution is 0.266. The van der Waals surface area contributed by atoms with Gasteiger partial charge in [-0.1, -0.05) is 11.6 Å². The summed E-state index contributed by atoms with van der Waals surface area (Å²) in [4.78, 5) is 0. The maximum atomic E-state index is 10.8. The molecule has 10 heavy (non-hydrogen) atoms. The molecular formula is C8H9O2. The van der Waals surface area contributed by atoms with Gasteiger partial charge in [0.05, 0.1) is 6.61 Å². The van der Waals surface area contributed by atoms with Crippen molar-refractivity contribution in [3.63, 3.8) is 0 Å². The second-order valence-corrected chi connectivity index (χ2v) is 2.27. The fourth-order valence-corrected chi connectivity index (χ4v) is 0.832. The first-order valence-corrected chi connectivity index (χ1v) is 3.11. The zero-order chi connectivity index (χ0) is 7.56. The van der Waals surface area contributed by atoms with E-state index >= 15 is 0 Å². The third kappa shape index (κ3) is 1.28. The summed E-state index contributed by atoms with van der Waals surface area (Å²) >= 11 is 0. The molecule has 0 saturated heterocycles. The molecule has 1 rings (SSSR count). The molecule has 0 aliphatic carbocycles. The fraction of sp³-hybridized carbons (Fsp3) is 0.250. The normalized spacial score (nSPS) is 9.80. The predicted molar refractivity (Wildman–Crippen MR) is 37.2 cm³/mol. The topological polar surface area (TPSA) is 40.1 Å². The van der Waals surface area contributed by atoms with E-state index in [0.717, 1.165) is 5.56 Å². The second-order valence-electron chi connectivity index (χ2n) is 2.27. The molecule has 1 aromatic carbocycles. The molecule has 0 aliphatic rings. The Morgan fingerprint density at radius 1 is 1.50 bits per heavy atom. The molecule has 0 heterocycles. The lowest BCUT2D eigenvalue weighted by Crippen LogP contribution is -1.83. The van der Waals surface area contributed by atoms with Crippen LogP contribution in [-0.4, -0.2) is 5.11 Å². The van der Waals surface area contributed by atoms with Gasteiger partial charge in [-0.2, -0.15) is 0 Å². The quantitative estimate of drug-likeness (QED) is 0.627. The van der Waals surface area contributed by atoms with Crippen LogP contribution >= 0.6 is 0 Å². The van der Waals surface area contributed by atoms with E-state index in [9.17, 15) is 5.11 Å². The molecular weight excluding hydrogens is 128 g/mol. The number of hydrogen-bond acceptors (Lipinski definition) is 1. The number of aliphatic hydroxyl groups is 1. The SMILES string of the molecule is Cc1ccc([O])c(CO)c1. The molecule has 0 fully saturated rings. The maximum absolute atomic E-state index is 10.8. The van der Waals surface area contributed by atoms with Gasteiger partial charge in [0.15, 0.2) is 5.75 Å². The van der Waals surface area contributed by atoms with Crippen molar-refractivity contribution >= 4 is 0 Å². The molecule has 0 unspecified atom stereocenters. The van der Waals surface area contributed by atoms with Crippen molar-refractivity contribution in [2.45, 2.75) is 13.5 Å². The summed E-state index contributed by atoms with van der Waals surface area (Å²) in [6, 6.07) is 4.91. The summed E-state index contributed by atoms with van der Waals surface area (Å²) in [6.45, 7) is 1.72. The minimum Gasteiger partial charge on any atom is -0.392 e. The highest BCUT2D eigenvalue weighted by atomic mass is 16.3. The zero-order valence-corrected chi connectivity index (χ0v) is 5.79. The van der Waals surface area contributed by atoms with Crippen molar-refractivity contribution in [3.8, 4) is 5.75 Å². The Balaban J connectivity index is 3.09. The highest BCUT2D eigenvalue weighted by molar-refractivity contribution is 5.34. The van der Waals surface area contributed by atoms with Gasteiger partial charge in [-0.05, 0) is 19.1 Å². The average Bonchev–Trinajstić information content (AvgIpc) is 1.94. The third-order valence-corrected chi connectivity index (χ3v) is 1.39. The van der Waals surface area contributed by atoms with Crippen molar-refractivity contribution in [3.05, 3.63) is 29.3 Å². The van der Waals surface area contributed by atoms with Crippen molar-refractivity contribution < 1.29 is 10.2 Å². The Morgan fingerprint density at radius 2 is 2.20 bits per heavy atom. The molecule has 2 heteroatoms. The van der Waals surface area contributed by atoms with Crippen molar-refractivity contribution in [1.29, 1.82) is 0 Å². The third-order valence-electron chi connectivity index (χ3n) is 1.39. The Morgan fingerprint density at radius 3 is 2.70 bits per heavy atom. The summed E-state index contributed by atoms with van der Waals surface area (Å²) < 4.78 is 0. The van der Waals surface area contributed by atoms with E-state index in [1.165, 1.54) is 6.07 Å². The summed E-state index contributed by atoms with van der Waals surface area (Å²) in [7, 11) is 0. The number of benzene rings is 1. The minimum atomic E-state index is -0.166. The number of rotatable bonds is 1. The van der Waals surface area contributed by atoms with Crippen LogP contribution in [0.2, 0.25) is 0 Å². The van der Waals surface area contributed by atoms with Gasteiger partial charge in [0.1, 0.15) is 0 Å². The average molecular weight is 137 g/mol. The molecule has 2 nitrogen and oxygen atoms in total. The molecule has 1 radical (unpaired) electrons. The van der Waals surface area contributed by atoms with Crippen LogP contribution in [0.15, 0.2) is 18.2 Å². The van der Waals surface area contributed by atoms with E-state index in [4.69, 9.17) is 5.11 Å². The van der Waals surface area contributed by atoms with Gasteiger partial charge < -0.3 is 5.11 Å². The monoisotopic (exact) mass is 137 g/mol. The molecule has 1 N–H and O–H groups in total. The zero-order valence-electron chi connectivity index (χ0n) is 5.79. The van der Waals surface area contributed by atoms with Crippen molar-refractivity contribution in [2.24, 2.45) is 0 Å². The Kier molecular flexibility index (Phi) is 1.92. The van der Waals surface area contributed by atoms with Crippen LogP contribution in [0.25, 0.3) is 0 Å². The van der Waals surface area contributed by atoms with Crippen LogP contribution in [0.1, 0.15) is 11.1 Å². The minimum absolute atomic E-state index is 0.0897. The smallest absolute Gasteiger partial charge is 0.184 e. The van der Waals surface area contributed by atoms with Crippen LogP contribution in [0.5, 0.6) is 5.75 Å². The van der Waals surface area contributed by atoms with Gasteiger partial charge >= 0.3 is 0 Å². The molecule has 0 aromatic heterocycles. The second kappa shape index (κ2) is 2.71. The summed E-state index contributed by atoms with van der Waals surface area (Å²) in [6.07, 6.45) is 0. The van der Waals surface area contributed by atoms with Crippen LogP contribution < -0.4 is 0 Å². The van der Waals surface area contributed by atoms with E-state index in [1.54, 1.807) is 12.1 Å². The fourth-order valence-electron chi connectivity index (χ4n) is 0.832. The highest BCUT2D eigenvalue weighted by Gasteiger charge is 1.99. The van der Waals surface area contributed by atoms with Crippen LogP contribution in [0, 0.1) is 6.92 Å². The highest BCUT2D eigenvalue weighted by Crippen LogP contribution is 2.18. The Labute approximate surface area is 59.7 Å². The summed E-state index contributed by atoms with van der Waals surface area (Å²) in [5, 5.41) is 19.5. The van der Waals surface area contributed by atoms with Crippen LogP contribution in [0.3, 0.4) is 0 Å². The van der Waals surface area contributed by atoms with Gasteiger partial charge in [0.25, 0.3) is 0 Å². The molecule has 0 amide bonds. The van der Waals surface area contributed by atoms with Crippen molar-refractivity contribution in [2.75, 3.05) is 0 Å². The standard InChI is InChI=1S/C8H9O2/c1-6-2-3-8(10)7(4-6)5-9/h2-4,9H,5H2,1H3. The van der Waals surface area contributed by atoms with Gasteiger partial charge in [-0.25, -0.2) is 0 Å². The summed E-state index contributed by atoms with van der Waals surface area (Å²) in [5.74, 6) is -0.0897. The summed E-state index contributed by atoms with van der Waals surface area (Å²) in [5.41, 5.74) is 1.48.